The molecule has 1 fully saturated rings. The first-order valence-corrected chi connectivity index (χ1v) is 11.7. The van der Waals surface area contributed by atoms with Gasteiger partial charge in [-0.05, 0) is 49.6 Å². The first kappa shape index (κ1) is 24.6. The van der Waals surface area contributed by atoms with Gasteiger partial charge in [-0.25, -0.2) is 13.2 Å². The number of anilines is 1. The third-order valence-corrected chi connectivity index (χ3v) is 6.99. The van der Waals surface area contributed by atoms with E-state index in [4.69, 9.17) is 4.74 Å². The topological polar surface area (TPSA) is 102 Å². The molecular weight excluding hydrogens is 458 g/mol. The second kappa shape index (κ2) is 10.7. The van der Waals surface area contributed by atoms with Gasteiger partial charge in [0.1, 0.15) is 11.3 Å². The molecule has 1 aliphatic rings. The largest absolute Gasteiger partial charge is 0.452 e. The summed E-state index contributed by atoms with van der Waals surface area (Å²) in [6, 6.07) is 9.69. The molecule has 0 atom stereocenters. The lowest BCUT2D eigenvalue weighted by atomic mass is 10.2. The van der Waals surface area contributed by atoms with Gasteiger partial charge in [0.25, 0.3) is 5.91 Å². The first-order valence-electron chi connectivity index (χ1n) is 10.3. The Morgan fingerprint density at radius 1 is 1.09 bits per heavy atom. The molecule has 0 unspecified atom stereocenters. The molecule has 0 aliphatic carbocycles. The molecule has 1 saturated heterocycles. The number of benzene rings is 2. The van der Waals surface area contributed by atoms with Crippen molar-refractivity contribution in [1.29, 1.82) is 0 Å². The predicted octanol–water partition coefficient (Wildman–Crippen LogP) is 3.57. The number of ether oxygens (including phenoxy) is 2. The normalized spacial score (nSPS) is 14.7. The Labute approximate surface area is 190 Å². The number of aryl methyl sites for hydroxylation is 1. The molecule has 11 heteroatoms. The number of nitrogens with zero attached hydrogens (tertiary/aromatic N) is 1. The lowest BCUT2D eigenvalue weighted by Gasteiger charge is -2.26. The van der Waals surface area contributed by atoms with Crippen molar-refractivity contribution in [2.75, 3.05) is 25.0 Å². The van der Waals surface area contributed by atoms with Gasteiger partial charge < -0.3 is 14.8 Å². The second-order valence-electron chi connectivity index (χ2n) is 7.44. The van der Waals surface area contributed by atoms with Crippen molar-refractivity contribution in [3.8, 4) is 5.75 Å². The second-order valence-corrected chi connectivity index (χ2v) is 9.38. The number of carbonyl (C=O) groups excluding carboxylic acids is 2. The maximum atomic E-state index is 12.9. The minimum absolute atomic E-state index is 0.0559. The molecular formula is C22H24F2N2O6S. The molecule has 178 valence electrons. The molecule has 0 aromatic heterocycles. The fourth-order valence-corrected chi connectivity index (χ4v) is 4.92. The highest BCUT2D eigenvalue weighted by Crippen LogP contribution is 2.25. The SMILES string of the molecule is Cc1ccc(S(=O)(=O)N2CCCCC2)cc1NC(=O)COC(=O)c1ccccc1OC(F)F. The highest BCUT2D eigenvalue weighted by Gasteiger charge is 2.26. The standard InChI is InChI=1S/C22H24F2N2O6S/c1-15-9-10-16(33(29,30)26-11-5-2-6-12-26)13-18(15)25-20(27)14-31-21(28)17-7-3-4-8-19(17)32-22(23)24/h3-4,7-10,13,22H,2,5-6,11-12,14H2,1H3,(H,25,27). The van der Waals surface area contributed by atoms with E-state index in [1.165, 1.54) is 40.7 Å². The van der Waals surface area contributed by atoms with Gasteiger partial charge in [0.05, 0.1) is 4.90 Å². The summed E-state index contributed by atoms with van der Waals surface area (Å²) in [6.07, 6.45) is 2.58. The Balaban J connectivity index is 1.66. The number of sulfonamides is 1. The number of hydrogen-bond donors (Lipinski definition) is 1. The van der Waals surface area contributed by atoms with Crippen LogP contribution in [0.3, 0.4) is 0 Å². The van der Waals surface area contributed by atoms with Crippen LogP contribution >= 0.6 is 0 Å². The maximum Gasteiger partial charge on any atom is 0.387 e. The van der Waals surface area contributed by atoms with Crippen molar-refractivity contribution < 1.29 is 36.3 Å². The first-order chi connectivity index (χ1) is 15.7. The van der Waals surface area contributed by atoms with Gasteiger partial charge in [-0.15, -0.1) is 0 Å². The van der Waals surface area contributed by atoms with Gasteiger partial charge in [0.2, 0.25) is 10.0 Å². The van der Waals surface area contributed by atoms with Crippen LogP contribution in [0.1, 0.15) is 35.2 Å². The van der Waals surface area contributed by atoms with Crippen LogP contribution < -0.4 is 10.1 Å². The van der Waals surface area contributed by atoms with E-state index in [0.717, 1.165) is 19.3 Å². The molecule has 0 radical (unpaired) electrons. The number of amides is 1. The third kappa shape index (κ3) is 6.26. The summed E-state index contributed by atoms with van der Waals surface area (Å²) in [5.41, 5.74) is 0.620. The summed E-state index contributed by atoms with van der Waals surface area (Å²) in [7, 11) is -3.69. The van der Waals surface area contributed by atoms with Gasteiger partial charge in [0, 0.05) is 18.8 Å². The van der Waals surface area contributed by atoms with Crippen LogP contribution in [0.15, 0.2) is 47.4 Å². The molecule has 33 heavy (non-hydrogen) atoms. The molecule has 1 N–H and O–H groups in total. The van der Waals surface area contributed by atoms with Crippen molar-refractivity contribution in [2.24, 2.45) is 0 Å². The Morgan fingerprint density at radius 2 is 1.79 bits per heavy atom. The Bertz CT molecular complexity index is 1120. The van der Waals surface area contributed by atoms with E-state index in [0.29, 0.717) is 18.7 Å². The minimum Gasteiger partial charge on any atom is -0.452 e. The zero-order valence-corrected chi connectivity index (χ0v) is 18.7. The maximum absolute atomic E-state index is 12.9. The Hall–Kier alpha value is -3.05. The molecule has 8 nitrogen and oxygen atoms in total. The van der Waals surface area contributed by atoms with Crippen molar-refractivity contribution in [3.63, 3.8) is 0 Å². The summed E-state index contributed by atoms with van der Waals surface area (Å²) in [5, 5.41) is 2.53. The van der Waals surface area contributed by atoms with Crippen molar-refractivity contribution >= 4 is 27.6 Å². The van der Waals surface area contributed by atoms with Crippen LogP contribution in [-0.2, 0) is 19.6 Å². The van der Waals surface area contributed by atoms with Crippen molar-refractivity contribution in [3.05, 3.63) is 53.6 Å². The summed E-state index contributed by atoms with van der Waals surface area (Å²) in [6.45, 7) is -1.24. The molecule has 2 aromatic rings. The molecule has 0 bridgehead atoms. The fourth-order valence-electron chi connectivity index (χ4n) is 3.38. The number of para-hydroxylation sites is 1. The van der Waals surface area contributed by atoms with Crippen LogP contribution in [0.4, 0.5) is 14.5 Å². The number of rotatable bonds is 8. The van der Waals surface area contributed by atoms with E-state index in [9.17, 15) is 26.8 Å². The van der Waals surface area contributed by atoms with E-state index >= 15 is 0 Å². The molecule has 0 saturated carbocycles. The van der Waals surface area contributed by atoms with E-state index < -0.39 is 35.1 Å². The number of halogens is 2. The molecule has 0 spiro atoms. The molecule has 3 rings (SSSR count). The van der Waals surface area contributed by atoms with Gasteiger partial charge in [-0.1, -0.05) is 24.6 Å². The molecule has 1 heterocycles. The van der Waals surface area contributed by atoms with Crippen LogP contribution in [-0.4, -0.2) is 50.9 Å². The van der Waals surface area contributed by atoms with Crippen molar-refractivity contribution in [2.45, 2.75) is 37.7 Å². The summed E-state index contributed by atoms with van der Waals surface area (Å²) in [5.74, 6) is -2.10. The minimum atomic E-state index is -3.69. The number of alkyl halides is 2. The lowest BCUT2D eigenvalue weighted by molar-refractivity contribution is -0.119. The molecule has 1 amide bonds. The number of hydrogen-bond acceptors (Lipinski definition) is 6. The van der Waals surface area contributed by atoms with E-state index in [2.05, 4.69) is 10.1 Å². The molecule has 1 aliphatic heterocycles. The third-order valence-electron chi connectivity index (χ3n) is 5.09. The molecule has 2 aromatic carbocycles. The Morgan fingerprint density at radius 3 is 2.48 bits per heavy atom. The predicted molar refractivity (Wildman–Crippen MR) is 116 cm³/mol. The van der Waals surface area contributed by atoms with Crippen LogP contribution in [0.25, 0.3) is 0 Å². The number of esters is 1. The summed E-state index contributed by atoms with van der Waals surface area (Å²) >= 11 is 0. The number of nitrogens with one attached hydrogen (secondary N) is 1. The van der Waals surface area contributed by atoms with Gasteiger partial charge in [-0.3, -0.25) is 4.79 Å². The Kier molecular flexibility index (Phi) is 7.98. The van der Waals surface area contributed by atoms with Crippen LogP contribution in [0, 0.1) is 6.92 Å². The fraction of sp³-hybridized carbons (Fsp3) is 0.364. The smallest absolute Gasteiger partial charge is 0.387 e. The van der Waals surface area contributed by atoms with E-state index in [1.807, 2.05) is 0 Å². The monoisotopic (exact) mass is 482 g/mol. The number of carbonyl (C=O) groups is 2. The summed E-state index contributed by atoms with van der Waals surface area (Å²) < 4.78 is 61.4. The van der Waals surface area contributed by atoms with Gasteiger partial charge >= 0.3 is 12.6 Å². The number of piperidine rings is 1. The zero-order chi connectivity index (χ0) is 24.0. The van der Waals surface area contributed by atoms with E-state index in [-0.39, 0.29) is 21.9 Å². The lowest BCUT2D eigenvalue weighted by Crippen LogP contribution is -2.35. The van der Waals surface area contributed by atoms with Crippen molar-refractivity contribution in [1.82, 2.24) is 4.31 Å². The highest BCUT2D eigenvalue weighted by atomic mass is 32.2. The average molecular weight is 483 g/mol. The summed E-state index contributed by atoms with van der Waals surface area (Å²) in [4.78, 5) is 24.6. The van der Waals surface area contributed by atoms with Crippen LogP contribution in [0.2, 0.25) is 0 Å². The van der Waals surface area contributed by atoms with E-state index in [1.54, 1.807) is 13.0 Å². The average Bonchev–Trinajstić information content (AvgIpc) is 2.79. The highest BCUT2D eigenvalue weighted by molar-refractivity contribution is 7.89. The zero-order valence-electron chi connectivity index (χ0n) is 17.9. The quantitative estimate of drug-likeness (QED) is 0.578. The van der Waals surface area contributed by atoms with Crippen LogP contribution in [0.5, 0.6) is 5.75 Å². The van der Waals surface area contributed by atoms with Gasteiger partial charge in [-0.2, -0.15) is 13.1 Å². The van der Waals surface area contributed by atoms with Gasteiger partial charge in [0.15, 0.2) is 6.61 Å².